The molecule has 7 heteroatoms. The third-order valence-corrected chi connectivity index (χ3v) is 7.75. The molecule has 1 aliphatic heterocycles. The zero-order valence-corrected chi connectivity index (χ0v) is 22.4. The predicted octanol–water partition coefficient (Wildman–Crippen LogP) is 5.12. The van der Waals surface area contributed by atoms with Crippen molar-refractivity contribution in [3.8, 4) is 0 Å². The molecule has 1 aromatic heterocycles. The fraction of sp³-hybridized carbons (Fsp3) is 0.667. The highest BCUT2D eigenvalue weighted by Crippen LogP contribution is 2.33. The van der Waals surface area contributed by atoms with Crippen LogP contribution in [0.2, 0.25) is 0 Å². The Morgan fingerprint density at radius 2 is 1.82 bits per heavy atom. The number of nitrogens with zero attached hydrogens (tertiary/aromatic N) is 1. The van der Waals surface area contributed by atoms with Crippen molar-refractivity contribution in [2.75, 3.05) is 0 Å². The summed E-state index contributed by atoms with van der Waals surface area (Å²) in [5.74, 6) is -1.20. The van der Waals surface area contributed by atoms with Crippen LogP contribution in [0.25, 0.3) is 6.08 Å². The quantitative estimate of drug-likeness (QED) is 0.440. The van der Waals surface area contributed by atoms with Crippen LogP contribution in [0.3, 0.4) is 0 Å². The van der Waals surface area contributed by atoms with Crippen molar-refractivity contribution >= 4 is 29.2 Å². The average molecular weight is 492 g/mol. The average Bonchev–Trinajstić information content (AvgIpc) is 3.17. The summed E-state index contributed by atoms with van der Waals surface area (Å²) >= 11 is 1.56. The van der Waals surface area contributed by atoms with E-state index in [-0.39, 0.29) is 18.1 Å². The van der Waals surface area contributed by atoms with Gasteiger partial charge in [-0.05, 0) is 50.2 Å². The maximum Gasteiger partial charge on any atom is 0.309 e. The molecule has 0 saturated heterocycles. The highest BCUT2D eigenvalue weighted by Gasteiger charge is 2.42. The lowest BCUT2D eigenvalue weighted by atomic mass is 9.72. The molecule has 0 aromatic carbocycles. The summed E-state index contributed by atoms with van der Waals surface area (Å²) in [6, 6.07) is 0. The van der Waals surface area contributed by atoms with E-state index in [0.717, 1.165) is 29.1 Å². The Morgan fingerprint density at radius 3 is 2.44 bits per heavy atom. The molecule has 1 aromatic rings. The van der Waals surface area contributed by atoms with Gasteiger partial charge in [-0.1, -0.05) is 46.8 Å². The number of carbonyl (C=O) groups excluding carboxylic acids is 2. The number of aliphatic hydroxyl groups is 2. The first-order valence-corrected chi connectivity index (χ1v) is 13.1. The number of allylic oxidation sites excluding steroid dienone is 1. The summed E-state index contributed by atoms with van der Waals surface area (Å²) < 4.78 is 5.78. The van der Waals surface area contributed by atoms with E-state index in [1.807, 2.05) is 38.3 Å². The van der Waals surface area contributed by atoms with Crippen molar-refractivity contribution in [3.05, 3.63) is 33.8 Å². The molecule has 1 unspecified atom stereocenters. The van der Waals surface area contributed by atoms with Gasteiger partial charge in [0.05, 0.1) is 34.7 Å². The second kappa shape index (κ2) is 12.2. The number of carbonyl (C=O) groups is 2. The van der Waals surface area contributed by atoms with E-state index >= 15 is 0 Å². The first kappa shape index (κ1) is 28.4. The van der Waals surface area contributed by atoms with Crippen LogP contribution in [0, 0.1) is 30.1 Å². The van der Waals surface area contributed by atoms with Crippen LogP contribution >= 0.6 is 11.3 Å². The molecule has 0 spiro atoms. The Kier molecular flexibility index (Phi) is 10.2. The fourth-order valence-corrected chi connectivity index (χ4v) is 5.11. The lowest BCUT2D eigenvalue weighted by molar-refractivity contribution is -0.154. The molecule has 0 bridgehead atoms. The number of Topliss-reactive ketones (excluding diaryl/α,β-unsaturated/α-hetero) is 1. The minimum atomic E-state index is -1.22. The SMILES string of the molecule is C/C(=C\c1csc(C)n1)[C@@H]1C/C=C\CC(C)C[C@H](C)[C@H](O)[C@@H](C)C(=O)C(C)(C)[C@@H](O)CC(=O)O1. The van der Waals surface area contributed by atoms with Crippen molar-refractivity contribution in [2.24, 2.45) is 23.2 Å². The van der Waals surface area contributed by atoms with Crippen molar-refractivity contribution in [1.82, 2.24) is 4.98 Å². The molecule has 6 nitrogen and oxygen atoms in total. The molecule has 1 aliphatic rings. The van der Waals surface area contributed by atoms with Gasteiger partial charge >= 0.3 is 5.97 Å². The normalized spacial score (nSPS) is 33.4. The molecule has 2 heterocycles. The third kappa shape index (κ3) is 7.59. The number of aryl methyl sites for hydroxylation is 1. The molecule has 0 radical (unpaired) electrons. The predicted molar refractivity (Wildman–Crippen MR) is 136 cm³/mol. The standard InChI is InChI=1S/C27H41NO5S/c1-16-10-8-9-11-22(17(2)13-21-15-34-20(5)28-21)33-24(30)14-23(29)27(6,7)26(32)19(4)25(31)18(3)12-16/h8-9,13,15-16,18-19,22-23,25,29,31H,10-12,14H2,1-7H3/b9-8-,17-13+/t16?,18-,19+,22-,23-,25-/m0/s1. The van der Waals surface area contributed by atoms with E-state index in [1.54, 1.807) is 32.1 Å². The first-order chi connectivity index (χ1) is 15.8. The molecule has 0 amide bonds. The van der Waals surface area contributed by atoms with Gasteiger partial charge in [-0.15, -0.1) is 11.3 Å². The van der Waals surface area contributed by atoms with Crippen molar-refractivity contribution < 1.29 is 24.5 Å². The fourth-order valence-electron chi connectivity index (χ4n) is 4.54. The monoisotopic (exact) mass is 491 g/mol. The number of aromatic nitrogens is 1. The van der Waals surface area contributed by atoms with Gasteiger partial charge in [-0.2, -0.15) is 0 Å². The largest absolute Gasteiger partial charge is 0.457 e. The van der Waals surface area contributed by atoms with Crippen LogP contribution in [0.4, 0.5) is 0 Å². The summed E-state index contributed by atoms with van der Waals surface area (Å²) in [6.07, 6.45) is 5.36. The zero-order chi connectivity index (χ0) is 25.6. The van der Waals surface area contributed by atoms with Gasteiger partial charge < -0.3 is 14.9 Å². The number of aliphatic hydroxyl groups excluding tert-OH is 2. The van der Waals surface area contributed by atoms with Crippen molar-refractivity contribution in [1.29, 1.82) is 0 Å². The molecule has 34 heavy (non-hydrogen) atoms. The lowest BCUT2D eigenvalue weighted by Gasteiger charge is -2.35. The Bertz CT molecular complexity index is 903. The van der Waals surface area contributed by atoms with Gasteiger partial charge in [-0.25, -0.2) is 4.98 Å². The van der Waals surface area contributed by atoms with E-state index in [0.29, 0.717) is 12.3 Å². The van der Waals surface area contributed by atoms with Gasteiger partial charge in [0.15, 0.2) is 0 Å². The van der Waals surface area contributed by atoms with Gasteiger partial charge in [-0.3, -0.25) is 9.59 Å². The Balaban J connectivity index is 2.32. The number of thiazole rings is 1. The van der Waals surface area contributed by atoms with Crippen molar-refractivity contribution in [3.63, 3.8) is 0 Å². The first-order valence-electron chi connectivity index (χ1n) is 12.2. The molecule has 0 saturated carbocycles. The summed E-state index contributed by atoms with van der Waals surface area (Å²) in [5, 5.41) is 24.6. The summed E-state index contributed by atoms with van der Waals surface area (Å²) in [4.78, 5) is 30.5. The highest BCUT2D eigenvalue weighted by molar-refractivity contribution is 7.09. The number of cyclic esters (lactones) is 1. The number of ketones is 1. The summed E-state index contributed by atoms with van der Waals surface area (Å²) in [7, 11) is 0. The molecular formula is C27H41NO5S. The number of hydrogen-bond donors (Lipinski definition) is 2. The van der Waals surface area contributed by atoms with Gasteiger partial charge in [0.2, 0.25) is 0 Å². The van der Waals surface area contributed by atoms with E-state index in [1.165, 1.54) is 0 Å². The van der Waals surface area contributed by atoms with Crippen LogP contribution in [-0.4, -0.2) is 45.3 Å². The molecule has 0 aliphatic carbocycles. The minimum absolute atomic E-state index is 0.0624. The molecule has 0 fully saturated rings. The number of esters is 1. The van der Waals surface area contributed by atoms with Crippen LogP contribution in [0.5, 0.6) is 0 Å². The Morgan fingerprint density at radius 1 is 1.18 bits per heavy atom. The van der Waals surface area contributed by atoms with E-state index in [9.17, 15) is 19.8 Å². The summed E-state index contributed by atoms with van der Waals surface area (Å²) in [5.41, 5.74) is 0.502. The van der Waals surface area contributed by atoms with Crippen LogP contribution in [0.15, 0.2) is 23.1 Å². The molecule has 2 rings (SSSR count). The smallest absolute Gasteiger partial charge is 0.309 e. The van der Waals surface area contributed by atoms with E-state index < -0.39 is 35.6 Å². The molecule has 2 N–H and O–H groups in total. The maximum absolute atomic E-state index is 13.2. The molecule has 6 atom stereocenters. The lowest BCUT2D eigenvalue weighted by Crippen LogP contribution is -2.45. The molecular weight excluding hydrogens is 450 g/mol. The Labute approximate surface area is 208 Å². The van der Waals surface area contributed by atoms with Crippen LogP contribution in [-0.2, 0) is 14.3 Å². The zero-order valence-electron chi connectivity index (χ0n) is 21.6. The second-order valence-corrected chi connectivity index (χ2v) is 11.6. The van der Waals surface area contributed by atoms with Gasteiger partial charge in [0, 0.05) is 17.7 Å². The van der Waals surface area contributed by atoms with E-state index in [2.05, 4.69) is 18.0 Å². The van der Waals surface area contributed by atoms with Crippen LogP contribution in [0.1, 0.15) is 77.9 Å². The maximum atomic E-state index is 13.2. The third-order valence-electron chi connectivity index (χ3n) is 6.96. The molecule has 190 valence electrons. The second-order valence-electron chi connectivity index (χ2n) is 10.5. The summed E-state index contributed by atoms with van der Waals surface area (Å²) in [6.45, 7) is 12.9. The van der Waals surface area contributed by atoms with E-state index in [4.69, 9.17) is 4.74 Å². The number of rotatable bonds is 2. The van der Waals surface area contributed by atoms with Crippen molar-refractivity contribution in [2.45, 2.75) is 92.5 Å². The number of hydrogen-bond acceptors (Lipinski definition) is 7. The highest BCUT2D eigenvalue weighted by atomic mass is 32.1. The minimum Gasteiger partial charge on any atom is -0.457 e. The van der Waals surface area contributed by atoms with Crippen LogP contribution < -0.4 is 0 Å². The Hall–Kier alpha value is -1.83. The number of ether oxygens (including phenoxy) is 1. The van der Waals surface area contributed by atoms with Gasteiger partial charge in [0.1, 0.15) is 11.9 Å². The topological polar surface area (TPSA) is 96.7 Å². The van der Waals surface area contributed by atoms with Gasteiger partial charge in [0.25, 0.3) is 0 Å².